The second kappa shape index (κ2) is 6.78. The fourth-order valence-corrected chi connectivity index (χ4v) is 3.46. The number of hydrogen-bond donors (Lipinski definition) is 3. The number of aryl methyl sites for hydroxylation is 1. The van der Waals surface area contributed by atoms with Gasteiger partial charge < -0.3 is 20.0 Å². The van der Waals surface area contributed by atoms with Crippen LogP contribution in [0.25, 0.3) is 21.8 Å². The standard InChI is InChI=1S/C23H20N4O/c1-15-8-9-16(28-15)14-25-23-11-10-17-20(6-3-7-22(17)27-23)26-21-5-2-4-19-18(21)12-13-24-19/h2-13,24,26H,14H2,1H3,(H,25,27). The number of furan rings is 1. The van der Waals surface area contributed by atoms with E-state index in [4.69, 9.17) is 9.40 Å². The number of fused-ring (bicyclic) bond motifs is 2. The van der Waals surface area contributed by atoms with Crippen LogP contribution in [0.5, 0.6) is 0 Å². The van der Waals surface area contributed by atoms with Crippen LogP contribution in [0.15, 0.2) is 77.3 Å². The van der Waals surface area contributed by atoms with E-state index in [0.29, 0.717) is 6.54 Å². The first-order chi connectivity index (χ1) is 13.8. The number of H-pyrrole nitrogens is 1. The molecule has 0 aliphatic heterocycles. The van der Waals surface area contributed by atoms with Gasteiger partial charge in [0.2, 0.25) is 0 Å². The van der Waals surface area contributed by atoms with Crippen LogP contribution >= 0.6 is 0 Å². The zero-order valence-electron chi connectivity index (χ0n) is 15.5. The quantitative estimate of drug-likeness (QED) is 0.357. The van der Waals surface area contributed by atoms with Crippen molar-refractivity contribution in [2.45, 2.75) is 13.5 Å². The first kappa shape index (κ1) is 16.4. The predicted molar refractivity (Wildman–Crippen MR) is 114 cm³/mol. The Morgan fingerprint density at radius 1 is 0.893 bits per heavy atom. The van der Waals surface area contributed by atoms with Crippen LogP contribution in [-0.4, -0.2) is 9.97 Å². The third kappa shape index (κ3) is 3.07. The molecule has 3 heterocycles. The molecule has 3 N–H and O–H groups in total. The van der Waals surface area contributed by atoms with Crippen LogP contribution in [0.4, 0.5) is 17.2 Å². The summed E-state index contributed by atoms with van der Waals surface area (Å²) in [5.74, 6) is 2.64. The average molecular weight is 368 g/mol. The average Bonchev–Trinajstić information content (AvgIpc) is 3.36. The van der Waals surface area contributed by atoms with Crippen LogP contribution in [0.3, 0.4) is 0 Å². The van der Waals surface area contributed by atoms with Crippen LogP contribution in [0.1, 0.15) is 11.5 Å². The number of pyridine rings is 1. The summed E-state index contributed by atoms with van der Waals surface area (Å²) in [6, 6.07) is 22.5. The van der Waals surface area contributed by atoms with Gasteiger partial charge in [0, 0.05) is 33.9 Å². The van der Waals surface area contributed by atoms with E-state index in [2.05, 4.69) is 45.9 Å². The third-order valence-corrected chi connectivity index (χ3v) is 4.84. The molecule has 3 aromatic heterocycles. The first-order valence-electron chi connectivity index (χ1n) is 9.28. The van der Waals surface area contributed by atoms with Gasteiger partial charge in [-0.25, -0.2) is 4.98 Å². The zero-order chi connectivity index (χ0) is 18.9. The van der Waals surface area contributed by atoms with Gasteiger partial charge in [-0.05, 0) is 61.5 Å². The summed E-state index contributed by atoms with van der Waals surface area (Å²) in [5, 5.41) is 9.13. The van der Waals surface area contributed by atoms with Crippen molar-refractivity contribution in [1.29, 1.82) is 0 Å². The maximum atomic E-state index is 5.60. The summed E-state index contributed by atoms with van der Waals surface area (Å²) in [5.41, 5.74) is 4.16. The minimum Gasteiger partial charge on any atom is -0.465 e. The maximum absolute atomic E-state index is 5.60. The van der Waals surface area contributed by atoms with Gasteiger partial charge in [-0.15, -0.1) is 0 Å². The highest BCUT2D eigenvalue weighted by Crippen LogP contribution is 2.30. The molecule has 0 amide bonds. The Balaban J connectivity index is 1.43. The topological polar surface area (TPSA) is 65.9 Å². The SMILES string of the molecule is Cc1ccc(CNc2ccc3c(Nc4cccc5[nH]ccc45)cccc3n2)o1. The fraction of sp³-hybridized carbons (Fsp3) is 0.0870. The molecule has 0 unspecified atom stereocenters. The van der Waals surface area contributed by atoms with Gasteiger partial charge in [-0.1, -0.05) is 12.1 Å². The largest absolute Gasteiger partial charge is 0.465 e. The summed E-state index contributed by atoms with van der Waals surface area (Å²) in [6.45, 7) is 2.56. The number of aromatic nitrogens is 2. The fourth-order valence-electron chi connectivity index (χ4n) is 3.46. The van der Waals surface area contributed by atoms with Crippen molar-refractivity contribution >= 4 is 39.0 Å². The van der Waals surface area contributed by atoms with E-state index in [1.807, 2.05) is 49.5 Å². The first-order valence-corrected chi connectivity index (χ1v) is 9.28. The lowest BCUT2D eigenvalue weighted by Crippen LogP contribution is -2.01. The molecule has 28 heavy (non-hydrogen) atoms. The maximum Gasteiger partial charge on any atom is 0.127 e. The molecule has 2 aromatic carbocycles. The van der Waals surface area contributed by atoms with Crippen molar-refractivity contribution in [3.05, 3.63) is 84.4 Å². The molecule has 0 aliphatic carbocycles. The van der Waals surface area contributed by atoms with E-state index < -0.39 is 0 Å². The number of nitrogens with zero attached hydrogens (tertiary/aromatic N) is 1. The molecular weight excluding hydrogens is 348 g/mol. The molecule has 5 nitrogen and oxygen atoms in total. The molecule has 0 atom stereocenters. The molecule has 0 radical (unpaired) electrons. The highest BCUT2D eigenvalue weighted by molar-refractivity contribution is 5.99. The van der Waals surface area contributed by atoms with E-state index in [9.17, 15) is 0 Å². The van der Waals surface area contributed by atoms with Gasteiger partial charge in [0.05, 0.1) is 12.1 Å². The number of rotatable bonds is 5. The van der Waals surface area contributed by atoms with Crippen molar-refractivity contribution in [2.75, 3.05) is 10.6 Å². The Morgan fingerprint density at radius 2 is 1.75 bits per heavy atom. The highest BCUT2D eigenvalue weighted by Gasteiger charge is 2.07. The zero-order valence-corrected chi connectivity index (χ0v) is 15.5. The molecule has 5 heteroatoms. The minimum atomic E-state index is 0.611. The van der Waals surface area contributed by atoms with Gasteiger partial charge in [0.25, 0.3) is 0 Å². The summed E-state index contributed by atoms with van der Waals surface area (Å²) in [6.07, 6.45) is 1.96. The summed E-state index contributed by atoms with van der Waals surface area (Å²) in [4.78, 5) is 8.00. The van der Waals surface area contributed by atoms with Gasteiger partial charge in [0.15, 0.2) is 0 Å². The van der Waals surface area contributed by atoms with Crippen molar-refractivity contribution in [3.63, 3.8) is 0 Å². The normalized spacial score (nSPS) is 11.2. The molecule has 0 saturated carbocycles. The van der Waals surface area contributed by atoms with Gasteiger partial charge in [0.1, 0.15) is 17.3 Å². The van der Waals surface area contributed by atoms with E-state index in [1.54, 1.807) is 0 Å². The minimum absolute atomic E-state index is 0.611. The van der Waals surface area contributed by atoms with E-state index in [-0.39, 0.29) is 0 Å². The van der Waals surface area contributed by atoms with Gasteiger partial charge >= 0.3 is 0 Å². The second-order valence-corrected chi connectivity index (χ2v) is 6.80. The van der Waals surface area contributed by atoms with Crippen molar-refractivity contribution in [2.24, 2.45) is 0 Å². The summed E-state index contributed by atoms with van der Waals surface area (Å²) < 4.78 is 5.60. The van der Waals surface area contributed by atoms with Crippen LogP contribution in [0, 0.1) is 6.92 Å². The molecule has 0 fully saturated rings. The summed E-state index contributed by atoms with van der Waals surface area (Å²) in [7, 11) is 0. The molecular formula is C23H20N4O. The number of nitrogens with one attached hydrogen (secondary N) is 3. The molecule has 5 aromatic rings. The number of aromatic amines is 1. The van der Waals surface area contributed by atoms with Crippen LogP contribution in [-0.2, 0) is 6.54 Å². The lowest BCUT2D eigenvalue weighted by atomic mass is 10.1. The Bertz CT molecular complexity index is 1270. The molecule has 0 spiro atoms. The summed E-state index contributed by atoms with van der Waals surface area (Å²) >= 11 is 0. The molecule has 138 valence electrons. The van der Waals surface area contributed by atoms with E-state index in [0.717, 1.165) is 45.1 Å². The Morgan fingerprint density at radius 3 is 2.61 bits per heavy atom. The van der Waals surface area contributed by atoms with E-state index in [1.165, 1.54) is 5.39 Å². The molecule has 0 saturated heterocycles. The van der Waals surface area contributed by atoms with Gasteiger partial charge in [-0.3, -0.25) is 0 Å². The van der Waals surface area contributed by atoms with E-state index >= 15 is 0 Å². The van der Waals surface area contributed by atoms with Gasteiger partial charge in [-0.2, -0.15) is 0 Å². The van der Waals surface area contributed by atoms with Crippen molar-refractivity contribution in [1.82, 2.24) is 9.97 Å². The highest BCUT2D eigenvalue weighted by atomic mass is 16.3. The Hall–Kier alpha value is -3.73. The number of anilines is 3. The lowest BCUT2D eigenvalue weighted by molar-refractivity contribution is 0.490. The second-order valence-electron chi connectivity index (χ2n) is 6.80. The van der Waals surface area contributed by atoms with Crippen molar-refractivity contribution < 1.29 is 4.42 Å². The van der Waals surface area contributed by atoms with Crippen molar-refractivity contribution in [3.8, 4) is 0 Å². The Labute approximate surface area is 162 Å². The third-order valence-electron chi connectivity index (χ3n) is 4.84. The smallest absolute Gasteiger partial charge is 0.127 e. The molecule has 0 aliphatic rings. The number of hydrogen-bond acceptors (Lipinski definition) is 4. The monoisotopic (exact) mass is 368 g/mol. The number of benzene rings is 2. The molecule has 0 bridgehead atoms. The lowest BCUT2D eigenvalue weighted by Gasteiger charge is -2.12. The Kier molecular flexibility index (Phi) is 3.98. The van der Waals surface area contributed by atoms with Crippen LogP contribution in [0.2, 0.25) is 0 Å². The predicted octanol–water partition coefficient (Wildman–Crippen LogP) is 5.97. The molecule has 5 rings (SSSR count). The van der Waals surface area contributed by atoms with Crippen LogP contribution < -0.4 is 10.6 Å².